The molecule has 3 atom stereocenters. The maximum Gasteiger partial charge on any atom is 0.325 e. The molecule has 0 radical (unpaired) electrons. The van der Waals surface area contributed by atoms with Crippen LogP contribution in [-0.4, -0.2) is 58.9 Å². The van der Waals surface area contributed by atoms with E-state index in [9.17, 15) is 14.4 Å². The highest BCUT2D eigenvalue weighted by Crippen LogP contribution is 2.43. The average Bonchev–Trinajstić information content (AvgIpc) is 3.26. The molecule has 8 heteroatoms. The molecule has 2 aliphatic heterocycles. The lowest BCUT2D eigenvalue weighted by Gasteiger charge is -2.40. The molecule has 2 heterocycles. The molecule has 3 unspecified atom stereocenters. The van der Waals surface area contributed by atoms with E-state index in [1.807, 2.05) is 0 Å². The number of nitrogens with one attached hydrogen (secondary N) is 1. The summed E-state index contributed by atoms with van der Waals surface area (Å²) < 4.78 is 0. The van der Waals surface area contributed by atoms with Gasteiger partial charge in [-0.15, -0.1) is 12.4 Å². The van der Waals surface area contributed by atoms with Gasteiger partial charge in [-0.1, -0.05) is 20.8 Å². The van der Waals surface area contributed by atoms with Crippen LogP contribution in [0.2, 0.25) is 0 Å². The fraction of sp³-hybridized carbons (Fsp3) is 0.857. The zero-order valence-electron chi connectivity index (χ0n) is 17.8. The Morgan fingerprint density at radius 1 is 1.14 bits per heavy atom. The third-order valence-electron chi connectivity index (χ3n) is 7.87. The standard InChI is InChI=1S/C21H34N4O3.ClH/c1-20(2,3)14-6-8-21(9-7-14)18(27)25(19(28)23-21)12-17(26)24-10-13-4-5-16(22)15(13)11-24;/h13-16H,4-12,22H2,1-3H3,(H,23,28);1H. The zero-order valence-corrected chi connectivity index (χ0v) is 18.6. The van der Waals surface area contributed by atoms with Gasteiger partial charge in [0.25, 0.3) is 5.91 Å². The minimum absolute atomic E-state index is 0. The highest BCUT2D eigenvalue weighted by molar-refractivity contribution is 6.09. The van der Waals surface area contributed by atoms with Gasteiger partial charge in [0.15, 0.2) is 0 Å². The third kappa shape index (κ3) is 3.88. The summed E-state index contributed by atoms with van der Waals surface area (Å²) in [5.74, 6) is 1.04. The molecule has 3 N–H and O–H groups in total. The molecule has 4 aliphatic rings. The largest absolute Gasteiger partial charge is 0.341 e. The van der Waals surface area contributed by atoms with Crippen LogP contribution in [0.1, 0.15) is 59.3 Å². The SMILES string of the molecule is CC(C)(C)C1CCC2(CC1)NC(=O)N(CC(=O)N1CC3CCC(N)C3C1)C2=O.Cl. The normalized spacial score (nSPS) is 37.0. The van der Waals surface area contributed by atoms with Crippen LogP contribution in [-0.2, 0) is 9.59 Å². The Kier molecular flexibility index (Phi) is 5.96. The quantitative estimate of drug-likeness (QED) is 0.661. The van der Waals surface area contributed by atoms with Gasteiger partial charge >= 0.3 is 6.03 Å². The molecular weight excluding hydrogens is 392 g/mol. The van der Waals surface area contributed by atoms with Crippen LogP contribution in [0, 0.1) is 23.2 Å². The van der Waals surface area contributed by atoms with Gasteiger partial charge in [-0.2, -0.15) is 0 Å². The Morgan fingerprint density at radius 3 is 2.38 bits per heavy atom. The number of nitrogens with two attached hydrogens (primary N) is 1. The van der Waals surface area contributed by atoms with E-state index < -0.39 is 11.6 Å². The number of fused-ring (bicyclic) bond motifs is 1. The smallest absolute Gasteiger partial charge is 0.325 e. The van der Waals surface area contributed by atoms with Gasteiger partial charge in [0.2, 0.25) is 5.91 Å². The van der Waals surface area contributed by atoms with Crippen molar-refractivity contribution in [2.24, 2.45) is 28.9 Å². The van der Waals surface area contributed by atoms with Crippen LogP contribution in [0.3, 0.4) is 0 Å². The Bertz CT molecular complexity index is 684. The first kappa shape index (κ1) is 22.3. The fourth-order valence-electron chi connectivity index (χ4n) is 5.88. The number of hydrogen-bond acceptors (Lipinski definition) is 4. The number of imide groups is 1. The Morgan fingerprint density at radius 2 is 1.79 bits per heavy atom. The van der Waals surface area contributed by atoms with Crippen molar-refractivity contribution in [2.45, 2.75) is 70.9 Å². The van der Waals surface area contributed by atoms with E-state index in [1.54, 1.807) is 4.90 Å². The summed E-state index contributed by atoms with van der Waals surface area (Å²) in [5, 5.41) is 2.93. The highest BCUT2D eigenvalue weighted by atomic mass is 35.5. The molecule has 2 aliphatic carbocycles. The second-order valence-electron chi connectivity index (χ2n) is 10.5. The highest BCUT2D eigenvalue weighted by Gasteiger charge is 2.54. The van der Waals surface area contributed by atoms with Crippen molar-refractivity contribution < 1.29 is 14.4 Å². The number of carbonyl (C=O) groups is 3. The molecule has 2 saturated heterocycles. The van der Waals surface area contributed by atoms with Gasteiger partial charge in [0.1, 0.15) is 12.1 Å². The van der Waals surface area contributed by atoms with Gasteiger partial charge < -0.3 is 16.0 Å². The van der Waals surface area contributed by atoms with Gasteiger partial charge in [-0.25, -0.2) is 4.79 Å². The van der Waals surface area contributed by atoms with Crippen molar-refractivity contribution in [1.29, 1.82) is 0 Å². The lowest BCUT2D eigenvalue weighted by atomic mass is 9.67. The number of halogens is 1. The minimum atomic E-state index is -0.803. The summed E-state index contributed by atoms with van der Waals surface area (Å²) in [7, 11) is 0. The number of carbonyl (C=O) groups excluding carboxylic acids is 3. The van der Waals surface area contributed by atoms with E-state index >= 15 is 0 Å². The predicted octanol–water partition coefficient (Wildman–Crippen LogP) is 2.13. The molecular formula is C21H35ClN4O3. The summed E-state index contributed by atoms with van der Waals surface area (Å²) in [5.41, 5.74) is 5.56. The number of urea groups is 1. The molecule has 4 fully saturated rings. The van der Waals surface area contributed by atoms with Crippen LogP contribution in [0.15, 0.2) is 0 Å². The van der Waals surface area contributed by atoms with Crippen LogP contribution in [0.25, 0.3) is 0 Å². The minimum Gasteiger partial charge on any atom is -0.341 e. The Hall–Kier alpha value is -1.34. The molecule has 0 aromatic heterocycles. The number of hydrogen-bond donors (Lipinski definition) is 2. The lowest BCUT2D eigenvalue weighted by Crippen LogP contribution is -2.51. The summed E-state index contributed by atoms with van der Waals surface area (Å²) in [4.78, 5) is 41.4. The summed E-state index contributed by atoms with van der Waals surface area (Å²) in [6, 6.07) is -0.246. The molecule has 4 rings (SSSR count). The monoisotopic (exact) mass is 426 g/mol. The van der Waals surface area contributed by atoms with E-state index in [4.69, 9.17) is 5.73 Å². The average molecular weight is 427 g/mol. The van der Waals surface area contributed by atoms with E-state index in [-0.39, 0.29) is 42.2 Å². The summed E-state index contributed by atoms with van der Waals surface area (Å²) in [6.45, 7) is 7.91. The van der Waals surface area contributed by atoms with E-state index in [0.29, 0.717) is 43.7 Å². The van der Waals surface area contributed by atoms with Crippen LogP contribution in [0.5, 0.6) is 0 Å². The summed E-state index contributed by atoms with van der Waals surface area (Å²) >= 11 is 0. The topological polar surface area (TPSA) is 95.7 Å². The molecule has 2 saturated carbocycles. The predicted molar refractivity (Wildman–Crippen MR) is 112 cm³/mol. The molecule has 0 bridgehead atoms. The fourth-order valence-corrected chi connectivity index (χ4v) is 5.88. The van der Waals surface area contributed by atoms with Gasteiger partial charge in [0, 0.05) is 19.1 Å². The number of nitrogens with zero attached hydrogens (tertiary/aromatic N) is 2. The molecule has 7 nitrogen and oxygen atoms in total. The van der Waals surface area contributed by atoms with Crippen molar-refractivity contribution in [2.75, 3.05) is 19.6 Å². The van der Waals surface area contributed by atoms with E-state index in [0.717, 1.165) is 30.6 Å². The van der Waals surface area contributed by atoms with E-state index in [1.165, 1.54) is 0 Å². The van der Waals surface area contributed by atoms with Crippen LogP contribution in [0.4, 0.5) is 4.79 Å². The third-order valence-corrected chi connectivity index (χ3v) is 7.87. The second-order valence-corrected chi connectivity index (χ2v) is 10.5. The Balaban J connectivity index is 0.00000240. The van der Waals surface area contributed by atoms with Crippen LogP contribution >= 0.6 is 12.4 Å². The van der Waals surface area contributed by atoms with Crippen molar-refractivity contribution >= 4 is 30.3 Å². The van der Waals surface area contributed by atoms with Gasteiger partial charge in [-0.3, -0.25) is 14.5 Å². The molecule has 164 valence electrons. The first-order chi connectivity index (χ1) is 13.1. The lowest BCUT2D eigenvalue weighted by molar-refractivity contribution is -0.139. The molecule has 4 amide bonds. The number of likely N-dealkylation sites (tertiary alicyclic amines) is 1. The maximum absolute atomic E-state index is 13.1. The Labute approximate surface area is 179 Å². The summed E-state index contributed by atoms with van der Waals surface area (Å²) in [6.07, 6.45) is 5.26. The first-order valence-electron chi connectivity index (χ1n) is 10.8. The van der Waals surface area contributed by atoms with Crippen LogP contribution < -0.4 is 11.1 Å². The van der Waals surface area contributed by atoms with Gasteiger partial charge in [-0.05, 0) is 61.7 Å². The number of amides is 4. The molecule has 1 spiro atoms. The second kappa shape index (κ2) is 7.73. The molecule has 0 aromatic carbocycles. The van der Waals surface area contributed by atoms with Gasteiger partial charge in [0.05, 0.1) is 0 Å². The first-order valence-corrected chi connectivity index (χ1v) is 10.8. The maximum atomic E-state index is 13.1. The molecule has 29 heavy (non-hydrogen) atoms. The zero-order chi connectivity index (χ0) is 20.3. The van der Waals surface area contributed by atoms with E-state index in [2.05, 4.69) is 26.1 Å². The van der Waals surface area contributed by atoms with Crippen molar-refractivity contribution in [3.8, 4) is 0 Å². The van der Waals surface area contributed by atoms with Crippen molar-refractivity contribution in [3.63, 3.8) is 0 Å². The number of rotatable bonds is 2. The molecule has 0 aromatic rings. The van der Waals surface area contributed by atoms with Crippen molar-refractivity contribution in [1.82, 2.24) is 15.1 Å². The van der Waals surface area contributed by atoms with Crippen molar-refractivity contribution in [3.05, 3.63) is 0 Å².